The normalized spacial score (nSPS) is 11.7. The number of nitrogen functional groups attached to an aromatic ring is 1. The number of nitrogens with two attached hydrogens (primary N) is 1. The van der Waals surface area contributed by atoms with Gasteiger partial charge in [-0.3, -0.25) is 14.4 Å². The van der Waals surface area contributed by atoms with Gasteiger partial charge >= 0.3 is 0 Å². The summed E-state index contributed by atoms with van der Waals surface area (Å²) in [7, 11) is 1.53. The smallest absolute Gasteiger partial charge is 0.251 e. The first-order valence-electron chi connectivity index (χ1n) is 6.46. The summed E-state index contributed by atoms with van der Waals surface area (Å²) in [6, 6.07) is 2.04. The van der Waals surface area contributed by atoms with Gasteiger partial charge in [0, 0.05) is 31.6 Å². The molecule has 0 saturated heterocycles. The second-order valence-electron chi connectivity index (χ2n) is 4.50. The van der Waals surface area contributed by atoms with E-state index in [4.69, 9.17) is 10.5 Å². The van der Waals surface area contributed by atoms with Gasteiger partial charge in [0.1, 0.15) is 12.6 Å². The van der Waals surface area contributed by atoms with Crippen LogP contribution >= 0.6 is 0 Å². The Hall–Kier alpha value is -2.35. The Bertz CT molecular complexity index is 555. The molecule has 2 amide bonds. The van der Waals surface area contributed by atoms with Gasteiger partial charge in [-0.1, -0.05) is 0 Å². The van der Waals surface area contributed by atoms with Gasteiger partial charge in [0.2, 0.25) is 11.8 Å². The third-order valence-electron chi connectivity index (χ3n) is 2.70. The van der Waals surface area contributed by atoms with Crippen LogP contribution in [0.1, 0.15) is 6.92 Å². The standard InChI is InChI=1S/C13H20N4O4/c1-9(13(20)15-5-6-21-2)16-11(18)8-17-7-10(14)3-4-12(17)19/h3-4,7,9H,5-6,8,14H2,1-2H3,(H,15,20)(H,16,18). The number of methoxy groups -OCH3 is 1. The van der Waals surface area contributed by atoms with Crippen molar-refractivity contribution < 1.29 is 14.3 Å². The van der Waals surface area contributed by atoms with Gasteiger partial charge < -0.3 is 25.7 Å². The Morgan fingerprint density at radius 3 is 2.81 bits per heavy atom. The third-order valence-corrected chi connectivity index (χ3v) is 2.70. The zero-order valence-electron chi connectivity index (χ0n) is 12.1. The summed E-state index contributed by atoms with van der Waals surface area (Å²) in [6.07, 6.45) is 1.38. The monoisotopic (exact) mass is 296 g/mol. The van der Waals surface area contributed by atoms with Crippen LogP contribution in [0.5, 0.6) is 0 Å². The van der Waals surface area contributed by atoms with E-state index in [-0.39, 0.29) is 18.0 Å². The number of rotatable bonds is 7. The number of anilines is 1. The zero-order chi connectivity index (χ0) is 15.8. The van der Waals surface area contributed by atoms with Crippen LogP contribution in [0.3, 0.4) is 0 Å². The van der Waals surface area contributed by atoms with Crippen molar-refractivity contribution in [2.45, 2.75) is 19.5 Å². The van der Waals surface area contributed by atoms with Crippen LogP contribution in [0.25, 0.3) is 0 Å². The molecular formula is C13H20N4O4. The summed E-state index contributed by atoms with van der Waals surface area (Å²) < 4.78 is 5.99. The molecule has 4 N–H and O–H groups in total. The molecular weight excluding hydrogens is 276 g/mol. The minimum Gasteiger partial charge on any atom is -0.398 e. The molecule has 21 heavy (non-hydrogen) atoms. The summed E-state index contributed by atoms with van der Waals surface area (Å²) in [5, 5.41) is 5.12. The Kier molecular flexibility index (Phi) is 6.41. The maximum Gasteiger partial charge on any atom is 0.251 e. The highest BCUT2D eigenvalue weighted by Crippen LogP contribution is 1.95. The van der Waals surface area contributed by atoms with Crippen molar-refractivity contribution in [3.63, 3.8) is 0 Å². The molecule has 0 fully saturated rings. The number of nitrogens with one attached hydrogen (secondary N) is 2. The predicted octanol–water partition coefficient (Wildman–Crippen LogP) is -1.30. The van der Waals surface area contributed by atoms with Crippen molar-refractivity contribution in [3.8, 4) is 0 Å². The quantitative estimate of drug-likeness (QED) is 0.541. The van der Waals surface area contributed by atoms with Gasteiger partial charge in [0.25, 0.3) is 5.56 Å². The predicted molar refractivity (Wildman–Crippen MR) is 77.6 cm³/mol. The van der Waals surface area contributed by atoms with Crippen LogP contribution < -0.4 is 21.9 Å². The molecule has 1 aromatic rings. The number of amides is 2. The molecule has 8 heteroatoms. The lowest BCUT2D eigenvalue weighted by Gasteiger charge is -2.14. The summed E-state index contributed by atoms with van der Waals surface area (Å²) >= 11 is 0. The van der Waals surface area contributed by atoms with Crippen molar-refractivity contribution in [1.82, 2.24) is 15.2 Å². The molecule has 1 aromatic heterocycles. The fourth-order valence-corrected chi connectivity index (χ4v) is 1.61. The molecule has 1 heterocycles. The number of hydrogen-bond donors (Lipinski definition) is 3. The lowest BCUT2D eigenvalue weighted by atomic mass is 10.3. The number of aromatic nitrogens is 1. The maximum atomic E-state index is 11.8. The number of nitrogens with zero attached hydrogens (tertiary/aromatic N) is 1. The first kappa shape index (κ1) is 16.7. The average Bonchev–Trinajstić information content (AvgIpc) is 2.42. The lowest BCUT2D eigenvalue weighted by molar-refractivity contribution is -0.129. The van der Waals surface area contributed by atoms with E-state index in [0.717, 1.165) is 0 Å². The summed E-state index contributed by atoms with van der Waals surface area (Å²) in [5.74, 6) is -0.766. The van der Waals surface area contributed by atoms with Crippen LogP contribution in [-0.4, -0.2) is 42.7 Å². The molecule has 0 saturated carbocycles. The molecule has 8 nitrogen and oxygen atoms in total. The van der Waals surface area contributed by atoms with Gasteiger partial charge in [-0.2, -0.15) is 0 Å². The summed E-state index contributed by atoms with van der Waals surface area (Å²) in [4.78, 5) is 35.0. The van der Waals surface area contributed by atoms with Crippen molar-refractivity contribution in [2.75, 3.05) is 26.0 Å². The number of pyridine rings is 1. The van der Waals surface area contributed by atoms with Crippen molar-refractivity contribution in [3.05, 3.63) is 28.7 Å². The second kappa shape index (κ2) is 8.05. The lowest BCUT2D eigenvalue weighted by Crippen LogP contribution is -2.47. The molecule has 0 aliphatic rings. The molecule has 1 atom stereocenters. The largest absolute Gasteiger partial charge is 0.398 e. The van der Waals surface area contributed by atoms with E-state index in [1.807, 2.05) is 0 Å². The van der Waals surface area contributed by atoms with E-state index in [1.54, 1.807) is 6.92 Å². The van der Waals surface area contributed by atoms with E-state index in [2.05, 4.69) is 10.6 Å². The fourth-order valence-electron chi connectivity index (χ4n) is 1.61. The van der Waals surface area contributed by atoms with Gasteiger partial charge in [0.05, 0.1) is 6.61 Å². The molecule has 0 bridgehead atoms. The molecule has 0 aromatic carbocycles. The van der Waals surface area contributed by atoms with E-state index in [0.29, 0.717) is 18.8 Å². The number of ether oxygens (including phenoxy) is 1. The van der Waals surface area contributed by atoms with Gasteiger partial charge in [-0.15, -0.1) is 0 Å². The Morgan fingerprint density at radius 1 is 1.43 bits per heavy atom. The van der Waals surface area contributed by atoms with Crippen molar-refractivity contribution in [1.29, 1.82) is 0 Å². The minimum absolute atomic E-state index is 0.195. The van der Waals surface area contributed by atoms with E-state index in [1.165, 1.54) is 30.0 Å². The summed E-state index contributed by atoms with van der Waals surface area (Å²) in [6.45, 7) is 2.12. The highest BCUT2D eigenvalue weighted by atomic mass is 16.5. The first-order valence-corrected chi connectivity index (χ1v) is 6.46. The Balaban J connectivity index is 2.51. The zero-order valence-corrected chi connectivity index (χ0v) is 12.1. The van der Waals surface area contributed by atoms with Crippen LogP contribution in [0, 0.1) is 0 Å². The van der Waals surface area contributed by atoms with Crippen LogP contribution in [0.4, 0.5) is 5.69 Å². The highest BCUT2D eigenvalue weighted by Gasteiger charge is 2.15. The number of carbonyl (C=O) groups is 2. The number of carbonyl (C=O) groups excluding carboxylic acids is 2. The van der Waals surface area contributed by atoms with Gasteiger partial charge in [0.15, 0.2) is 0 Å². The van der Waals surface area contributed by atoms with Crippen LogP contribution in [-0.2, 0) is 20.9 Å². The SMILES string of the molecule is COCCNC(=O)C(C)NC(=O)Cn1cc(N)ccc1=O. The molecule has 1 unspecified atom stereocenters. The molecule has 0 aliphatic heterocycles. The molecule has 0 radical (unpaired) electrons. The van der Waals surface area contributed by atoms with E-state index < -0.39 is 11.9 Å². The van der Waals surface area contributed by atoms with Crippen LogP contribution in [0.2, 0.25) is 0 Å². The second-order valence-corrected chi connectivity index (χ2v) is 4.50. The van der Waals surface area contributed by atoms with E-state index >= 15 is 0 Å². The van der Waals surface area contributed by atoms with Crippen molar-refractivity contribution in [2.24, 2.45) is 0 Å². The highest BCUT2D eigenvalue weighted by molar-refractivity contribution is 5.87. The number of hydrogen-bond acceptors (Lipinski definition) is 5. The Morgan fingerprint density at radius 2 is 2.14 bits per heavy atom. The van der Waals surface area contributed by atoms with Gasteiger partial charge in [-0.25, -0.2) is 0 Å². The molecule has 0 spiro atoms. The Labute approximate surface area is 122 Å². The average molecular weight is 296 g/mol. The van der Waals surface area contributed by atoms with Crippen LogP contribution in [0.15, 0.2) is 23.1 Å². The van der Waals surface area contributed by atoms with Crippen molar-refractivity contribution >= 4 is 17.5 Å². The fraction of sp³-hybridized carbons (Fsp3) is 0.462. The minimum atomic E-state index is -0.703. The first-order chi connectivity index (χ1) is 9.93. The summed E-state index contributed by atoms with van der Waals surface area (Å²) in [5.41, 5.74) is 5.60. The molecule has 0 aliphatic carbocycles. The van der Waals surface area contributed by atoms with E-state index in [9.17, 15) is 14.4 Å². The maximum absolute atomic E-state index is 11.8. The molecule has 116 valence electrons. The molecule has 1 rings (SSSR count). The topological polar surface area (TPSA) is 115 Å². The third kappa shape index (κ3) is 5.65. The van der Waals surface area contributed by atoms with Gasteiger partial charge in [-0.05, 0) is 13.0 Å².